The van der Waals surface area contributed by atoms with E-state index in [9.17, 15) is 14.7 Å². The Labute approximate surface area is 161 Å². The number of rotatable bonds is 5. The predicted octanol–water partition coefficient (Wildman–Crippen LogP) is 1.06. The Morgan fingerprint density at radius 3 is 2.71 bits per heavy atom. The third-order valence-corrected chi connectivity index (χ3v) is 5.70. The summed E-state index contributed by atoms with van der Waals surface area (Å²) in [6, 6.07) is 4.89. The molecule has 0 aliphatic heterocycles. The first-order valence-electron chi connectivity index (χ1n) is 9.53. The lowest BCUT2D eigenvalue weighted by atomic mass is 9.81. The second-order valence-corrected chi connectivity index (χ2v) is 7.51. The zero-order chi connectivity index (χ0) is 19.7. The van der Waals surface area contributed by atoms with E-state index < -0.39 is 6.23 Å². The van der Waals surface area contributed by atoms with E-state index in [1.165, 1.54) is 6.07 Å². The molecule has 3 heterocycles. The molecule has 148 valence electrons. The zero-order valence-electron chi connectivity index (χ0n) is 15.7. The summed E-state index contributed by atoms with van der Waals surface area (Å²) in [5, 5.41) is 21.1. The Kier molecular flexibility index (Phi) is 4.99. The average Bonchev–Trinajstić information content (AvgIpc) is 2.93. The number of pyridine rings is 1. The van der Waals surface area contributed by atoms with Crippen molar-refractivity contribution < 1.29 is 5.11 Å². The highest BCUT2D eigenvalue weighted by atomic mass is 16.3. The van der Waals surface area contributed by atoms with E-state index in [2.05, 4.69) is 20.5 Å². The van der Waals surface area contributed by atoms with Crippen molar-refractivity contribution in [3.8, 4) is 0 Å². The van der Waals surface area contributed by atoms with Crippen molar-refractivity contribution in [1.82, 2.24) is 24.3 Å². The van der Waals surface area contributed by atoms with Crippen molar-refractivity contribution in [2.45, 2.75) is 38.5 Å². The van der Waals surface area contributed by atoms with Crippen LogP contribution in [-0.4, -0.2) is 35.6 Å². The first-order valence-corrected chi connectivity index (χ1v) is 9.53. The number of anilines is 1. The topological polar surface area (TPSA) is 118 Å². The van der Waals surface area contributed by atoms with E-state index in [1.54, 1.807) is 40.7 Å². The summed E-state index contributed by atoms with van der Waals surface area (Å²) >= 11 is 0. The van der Waals surface area contributed by atoms with E-state index in [1.807, 2.05) is 0 Å². The second kappa shape index (κ2) is 7.59. The molecular weight excluding hydrogens is 360 g/mol. The molecular formula is C19H24N6O3. The van der Waals surface area contributed by atoms with Gasteiger partial charge in [0.1, 0.15) is 11.9 Å². The van der Waals surface area contributed by atoms with E-state index >= 15 is 0 Å². The number of hydrogen-bond donors (Lipinski definition) is 3. The molecule has 0 aromatic carbocycles. The fourth-order valence-corrected chi connectivity index (χ4v) is 4.09. The minimum absolute atomic E-state index is 0.120. The van der Waals surface area contributed by atoms with Crippen LogP contribution in [0.4, 0.5) is 5.69 Å². The highest BCUT2D eigenvalue weighted by Gasteiger charge is 2.27. The Bertz CT molecular complexity index is 1060. The minimum Gasteiger partial charge on any atom is -0.374 e. The average molecular weight is 384 g/mol. The van der Waals surface area contributed by atoms with Crippen LogP contribution in [0.25, 0.3) is 11.2 Å². The van der Waals surface area contributed by atoms with Gasteiger partial charge >= 0.3 is 5.69 Å². The number of aliphatic hydroxyl groups is 1. The van der Waals surface area contributed by atoms with Crippen molar-refractivity contribution in [3.63, 3.8) is 0 Å². The molecule has 1 aliphatic rings. The molecule has 9 nitrogen and oxygen atoms in total. The Balaban J connectivity index is 1.42. The number of imidazole rings is 1. The third kappa shape index (κ3) is 3.57. The van der Waals surface area contributed by atoms with Crippen LogP contribution < -0.4 is 16.6 Å². The highest BCUT2D eigenvalue weighted by molar-refractivity contribution is 5.71. The number of nitrogens with one attached hydrogen (secondary N) is 2. The maximum Gasteiger partial charge on any atom is 0.330 e. The van der Waals surface area contributed by atoms with Crippen LogP contribution in [-0.2, 0) is 13.6 Å². The Morgan fingerprint density at radius 2 is 2.00 bits per heavy atom. The van der Waals surface area contributed by atoms with E-state index in [0.717, 1.165) is 36.9 Å². The standard InChI is InChI=1S/C19H24N6O3/c1-24-15-6-7-16(26)23-17(15)25(19(24)28)11-12-2-4-13(5-3-12)18(27)22-14-8-9-20-21-10-14/h6-10,12-13,18,27H,2-5,11H2,1H3,(H,20,22)(H,23,26). The van der Waals surface area contributed by atoms with E-state index in [-0.39, 0.29) is 17.2 Å². The normalized spacial score (nSPS) is 20.9. The molecule has 3 aromatic rings. The van der Waals surface area contributed by atoms with Gasteiger partial charge < -0.3 is 15.4 Å². The molecule has 4 rings (SSSR count). The monoisotopic (exact) mass is 384 g/mol. The van der Waals surface area contributed by atoms with E-state index in [4.69, 9.17) is 0 Å². The molecule has 0 radical (unpaired) electrons. The SMILES string of the molecule is Cn1c(=O)n(CC2CCC(C(O)Nc3ccnnc3)CC2)c2[nH]c(=O)ccc21. The van der Waals surface area contributed by atoms with Gasteiger partial charge in [0, 0.05) is 25.6 Å². The summed E-state index contributed by atoms with van der Waals surface area (Å²) in [7, 11) is 1.71. The number of nitrogens with zero attached hydrogens (tertiary/aromatic N) is 4. The minimum atomic E-state index is -0.637. The molecule has 28 heavy (non-hydrogen) atoms. The van der Waals surface area contributed by atoms with Gasteiger partial charge in [-0.1, -0.05) is 0 Å². The summed E-state index contributed by atoms with van der Waals surface area (Å²) in [6.45, 7) is 0.570. The molecule has 1 saturated carbocycles. The molecule has 0 amide bonds. The molecule has 1 aliphatic carbocycles. The Morgan fingerprint density at radius 1 is 1.21 bits per heavy atom. The van der Waals surface area contributed by atoms with Crippen LogP contribution in [0, 0.1) is 11.8 Å². The van der Waals surface area contributed by atoms with Gasteiger partial charge in [-0.05, 0) is 43.7 Å². The van der Waals surface area contributed by atoms with Crippen LogP contribution in [0.5, 0.6) is 0 Å². The fourth-order valence-electron chi connectivity index (χ4n) is 4.09. The lowest BCUT2D eigenvalue weighted by molar-refractivity contribution is 0.0925. The summed E-state index contributed by atoms with van der Waals surface area (Å²) < 4.78 is 3.23. The molecule has 0 saturated heterocycles. The third-order valence-electron chi connectivity index (χ3n) is 5.70. The van der Waals surface area contributed by atoms with E-state index in [0.29, 0.717) is 18.1 Å². The van der Waals surface area contributed by atoms with Gasteiger partial charge in [0.05, 0.1) is 23.6 Å². The van der Waals surface area contributed by atoms with Gasteiger partial charge in [-0.25, -0.2) is 4.79 Å². The van der Waals surface area contributed by atoms with Crippen molar-refractivity contribution in [1.29, 1.82) is 0 Å². The molecule has 1 unspecified atom stereocenters. The van der Waals surface area contributed by atoms with Crippen LogP contribution in [0.15, 0.2) is 40.2 Å². The number of aromatic amines is 1. The summed E-state index contributed by atoms with van der Waals surface area (Å²) in [4.78, 5) is 27.1. The predicted molar refractivity (Wildman–Crippen MR) is 105 cm³/mol. The van der Waals surface area contributed by atoms with Crippen molar-refractivity contribution in [3.05, 3.63) is 51.4 Å². The molecule has 3 N–H and O–H groups in total. The van der Waals surface area contributed by atoms with Crippen LogP contribution in [0.1, 0.15) is 25.7 Å². The zero-order valence-corrected chi connectivity index (χ0v) is 15.7. The first kappa shape index (κ1) is 18.4. The lowest BCUT2D eigenvalue weighted by Crippen LogP contribution is -2.34. The molecule has 0 bridgehead atoms. The van der Waals surface area contributed by atoms with Crippen molar-refractivity contribution in [2.75, 3.05) is 5.32 Å². The van der Waals surface area contributed by atoms with Gasteiger partial charge in [-0.15, -0.1) is 0 Å². The van der Waals surface area contributed by atoms with Crippen molar-refractivity contribution in [2.24, 2.45) is 18.9 Å². The van der Waals surface area contributed by atoms with Crippen molar-refractivity contribution >= 4 is 16.9 Å². The molecule has 3 aromatic heterocycles. The van der Waals surface area contributed by atoms with Gasteiger partial charge in [0.2, 0.25) is 5.56 Å². The number of hydrogen-bond acceptors (Lipinski definition) is 6. The molecule has 0 spiro atoms. The lowest BCUT2D eigenvalue weighted by Gasteiger charge is -2.32. The fraction of sp³-hybridized carbons (Fsp3) is 0.474. The van der Waals surface area contributed by atoms with Crippen LogP contribution in [0.2, 0.25) is 0 Å². The number of aliphatic hydroxyl groups excluding tert-OH is 1. The van der Waals surface area contributed by atoms with Gasteiger partial charge in [-0.2, -0.15) is 10.2 Å². The maximum atomic E-state index is 12.6. The number of fused-ring (bicyclic) bond motifs is 1. The number of aromatic nitrogens is 5. The van der Waals surface area contributed by atoms with Crippen LogP contribution in [0.3, 0.4) is 0 Å². The number of aryl methyl sites for hydroxylation is 1. The maximum absolute atomic E-state index is 12.6. The molecule has 1 atom stereocenters. The van der Waals surface area contributed by atoms with Crippen LogP contribution >= 0.6 is 0 Å². The quantitative estimate of drug-likeness (QED) is 0.566. The van der Waals surface area contributed by atoms with Gasteiger partial charge in [0.25, 0.3) is 0 Å². The largest absolute Gasteiger partial charge is 0.374 e. The smallest absolute Gasteiger partial charge is 0.330 e. The molecule has 1 fully saturated rings. The number of H-pyrrole nitrogens is 1. The van der Waals surface area contributed by atoms with Gasteiger partial charge in [0.15, 0.2) is 0 Å². The Hall–Kier alpha value is -2.94. The first-order chi connectivity index (χ1) is 13.5. The molecule has 9 heteroatoms. The summed E-state index contributed by atoms with van der Waals surface area (Å²) in [5.41, 5.74) is 1.72. The summed E-state index contributed by atoms with van der Waals surface area (Å²) in [5.74, 6) is 0.478. The summed E-state index contributed by atoms with van der Waals surface area (Å²) in [6.07, 6.45) is 6.10. The second-order valence-electron chi connectivity index (χ2n) is 7.51. The van der Waals surface area contributed by atoms with Gasteiger partial charge in [-0.3, -0.25) is 13.9 Å². The highest BCUT2D eigenvalue weighted by Crippen LogP contribution is 2.32.